The van der Waals surface area contributed by atoms with Gasteiger partial charge in [0.05, 0.1) is 5.75 Å². The van der Waals surface area contributed by atoms with Gasteiger partial charge in [0.2, 0.25) is 5.91 Å². The molecule has 1 aromatic heterocycles. The monoisotopic (exact) mass is 262 g/mol. The summed E-state index contributed by atoms with van der Waals surface area (Å²) in [4.78, 5) is 11.5. The molecule has 0 atom stereocenters. The van der Waals surface area contributed by atoms with Gasteiger partial charge >= 0.3 is 0 Å². The van der Waals surface area contributed by atoms with E-state index >= 15 is 0 Å². The van der Waals surface area contributed by atoms with Crippen LogP contribution in [0, 0.1) is 0 Å². The van der Waals surface area contributed by atoms with Crippen LogP contribution in [0.4, 0.5) is 5.69 Å². The first-order chi connectivity index (χ1) is 8.74. The van der Waals surface area contributed by atoms with Gasteiger partial charge in [-0.25, -0.2) is 0 Å². The summed E-state index contributed by atoms with van der Waals surface area (Å²) in [7, 11) is 0. The van der Waals surface area contributed by atoms with Crippen LogP contribution in [-0.2, 0) is 11.3 Å². The number of nitrogens with zero attached hydrogens (tertiary/aromatic N) is 1. The highest BCUT2D eigenvalue weighted by molar-refractivity contribution is 7.99. The van der Waals surface area contributed by atoms with Crippen LogP contribution in [0.15, 0.2) is 30.5 Å². The van der Waals surface area contributed by atoms with E-state index < -0.39 is 0 Å². The molecule has 4 heteroatoms. The minimum absolute atomic E-state index is 0.0508. The number of carbonyl (C=O) groups is 1. The molecule has 0 bridgehead atoms. The predicted molar refractivity (Wildman–Crippen MR) is 79.2 cm³/mol. The van der Waals surface area contributed by atoms with E-state index in [9.17, 15) is 4.79 Å². The van der Waals surface area contributed by atoms with Crippen LogP contribution < -0.4 is 5.32 Å². The number of thioether (sulfide) groups is 1. The van der Waals surface area contributed by atoms with Crippen molar-refractivity contribution in [3.05, 3.63) is 30.5 Å². The molecular formula is C14H18N2OS. The van der Waals surface area contributed by atoms with Crippen molar-refractivity contribution in [2.75, 3.05) is 17.3 Å². The summed E-state index contributed by atoms with van der Waals surface area (Å²) >= 11 is 1.53. The highest BCUT2D eigenvalue weighted by Gasteiger charge is 2.04. The normalized spacial score (nSPS) is 10.8. The average molecular weight is 262 g/mol. The van der Waals surface area contributed by atoms with Gasteiger partial charge in [-0.2, -0.15) is 11.8 Å². The van der Waals surface area contributed by atoms with Gasteiger partial charge in [-0.05, 0) is 36.9 Å². The lowest BCUT2D eigenvalue weighted by atomic mass is 10.2. The zero-order valence-electron chi connectivity index (χ0n) is 10.8. The molecule has 0 saturated carbocycles. The van der Waals surface area contributed by atoms with Gasteiger partial charge in [0, 0.05) is 29.3 Å². The molecule has 96 valence electrons. The predicted octanol–water partition coefficient (Wildman–Crippen LogP) is 3.35. The SMILES string of the molecule is CCCn1ccc2cc(NC(=O)CSC)ccc21. The molecule has 0 fully saturated rings. The molecule has 1 heterocycles. The number of aromatic nitrogens is 1. The Morgan fingerprint density at radius 1 is 1.39 bits per heavy atom. The molecule has 2 aromatic rings. The molecule has 0 aliphatic carbocycles. The summed E-state index contributed by atoms with van der Waals surface area (Å²) in [6, 6.07) is 8.15. The number of hydrogen-bond donors (Lipinski definition) is 1. The zero-order chi connectivity index (χ0) is 13.0. The Kier molecular flexibility index (Phi) is 4.31. The number of nitrogens with one attached hydrogen (secondary N) is 1. The van der Waals surface area contributed by atoms with Gasteiger partial charge in [0.1, 0.15) is 0 Å². The number of anilines is 1. The van der Waals surface area contributed by atoms with E-state index in [-0.39, 0.29) is 5.91 Å². The lowest BCUT2D eigenvalue weighted by molar-refractivity contribution is -0.113. The standard InChI is InChI=1S/C14H18N2OS/c1-3-7-16-8-6-11-9-12(4-5-13(11)16)15-14(17)10-18-2/h4-6,8-9H,3,7,10H2,1-2H3,(H,15,17). The summed E-state index contributed by atoms with van der Waals surface area (Å²) in [5.74, 6) is 0.546. The smallest absolute Gasteiger partial charge is 0.234 e. The summed E-state index contributed by atoms with van der Waals surface area (Å²) in [6.45, 7) is 3.20. The fourth-order valence-electron chi connectivity index (χ4n) is 2.04. The van der Waals surface area contributed by atoms with Crippen molar-refractivity contribution < 1.29 is 4.79 Å². The summed E-state index contributed by atoms with van der Waals surface area (Å²) in [5.41, 5.74) is 2.09. The Balaban J connectivity index is 2.20. The minimum atomic E-state index is 0.0508. The van der Waals surface area contributed by atoms with Crippen LogP contribution in [0.3, 0.4) is 0 Å². The number of rotatable bonds is 5. The van der Waals surface area contributed by atoms with Crippen molar-refractivity contribution in [1.82, 2.24) is 4.57 Å². The molecule has 0 unspecified atom stereocenters. The van der Waals surface area contributed by atoms with Gasteiger partial charge in [-0.3, -0.25) is 4.79 Å². The number of benzene rings is 1. The number of hydrogen-bond acceptors (Lipinski definition) is 2. The maximum absolute atomic E-state index is 11.5. The van der Waals surface area contributed by atoms with Crippen molar-refractivity contribution in [1.29, 1.82) is 0 Å². The third kappa shape index (κ3) is 2.88. The van der Waals surface area contributed by atoms with E-state index in [1.807, 2.05) is 18.4 Å². The first kappa shape index (κ1) is 13.0. The fourth-order valence-corrected chi connectivity index (χ4v) is 2.38. The van der Waals surface area contributed by atoms with E-state index in [2.05, 4.69) is 35.1 Å². The van der Waals surface area contributed by atoms with Crippen LogP contribution in [0.1, 0.15) is 13.3 Å². The quantitative estimate of drug-likeness (QED) is 0.896. The molecule has 1 amide bonds. The lowest BCUT2D eigenvalue weighted by Gasteiger charge is -2.06. The van der Waals surface area contributed by atoms with Gasteiger partial charge in [-0.1, -0.05) is 6.92 Å². The summed E-state index contributed by atoms with van der Waals surface area (Å²) in [6.07, 6.45) is 5.14. The van der Waals surface area contributed by atoms with Crippen LogP contribution in [-0.4, -0.2) is 22.5 Å². The molecular weight excluding hydrogens is 244 g/mol. The van der Waals surface area contributed by atoms with Gasteiger partial charge in [0.25, 0.3) is 0 Å². The van der Waals surface area contributed by atoms with Crippen molar-refractivity contribution in [2.24, 2.45) is 0 Å². The van der Waals surface area contributed by atoms with E-state index in [1.165, 1.54) is 22.7 Å². The third-order valence-corrected chi connectivity index (χ3v) is 3.35. The Morgan fingerprint density at radius 3 is 2.94 bits per heavy atom. The Hall–Kier alpha value is -1.42. The Morgan fingerprint density at radius 2 is 2.22 bits per heavy atom. The third-order valence-electron chi connectivity index (χ3n) is 2.79. The van der Waals surface area contributed by atoms with Crippen molar-refractivity contribution >= 4 is 34.3 Å². The first-order valence-electron chi connectivity index (χ1n) is 6.12. The van der Waals surface area contributed by atoms with Crippen LogP contribution >= 0.6 is 11.8 Å². The Labute approximate surface area is 112 Å². The van der Waals surface area contributed by atoms with E-state index in [0.29, 0.717) is 5.75 Å². The fraction of sp³-hybridized carbons (Fsp3) is 0.357. The number of fused-ring (bicyclic) bond motifs is 1. The largest absolute Gasteiger partial charge is 0.347 e. The first-order valence-corrected chi connectivity index (χ1v) is 7.51. The molecule has 1 N–H and O–H groups in total. The summed E-state index contributed by atoms with van der Waals surface area (Å²) < 4.78 is 2.24. The highest BCUT2D eigenvalue weighted by Crippen LogP contribution is 2.21. The highest BCUT2D eigenvalue weighted by atomic mass is 32.2. The number of carbonyl (C=O) groups excluding carboxylic acids is 1. The van der Waals surface area contributed by atoms with E-state index in [0.717, 1.165) is 18.7 Å². The molecule has 2 rings (SSSR count). The van der Waals surface area contributed by atoms with Crippen LogP contribution in [0.2, 0.25) is 0 Å². The molecule has 0 radical (unpaired) electrons. The van der Waals surface area contributed by atoms with Gasteiger partial charge in [0.15, 0.2) is 0 Å². The minimum Gasteiger partial charge on any atom is -0.347 e. The van der Waals surface area contributed by atoms with Crippen molar-refractivity contribution in [3.63, 3.8) is 0 Å². The second kappa shape index (κ2) is 5.96. The Bertz CT molecular complexity index is 548. The molecule has 18 heavy (non-hydrogen) atoms. The number of aryl methyl sites for hydroxylation is 1. The van der Waals surface area contributed by atoms with Crippen LogP contribution in [0.25, 0.3) is 10.9 Å². The van der Waals surface area contributed by atoms with E-state index in [1.54, 1.807) is 0 Å². The molecule has 1 aromatic carbocycles. The van der Waals surface area contributed by atoms with Crippen molar-refractivity contribution in [3.8, 4) is 0 Å². The maximum atomic E-state index is 11.5. The summed E-state index contributed by atoms with van der Waals surface area (Å²) in [5, 5.41) is 4.08. The van der Waals surface area contributed by atoms with Crippen LogP contribution in [0.5, 0.6) is 0 Å². The molecule has 0 aliphatic rings. The second-order valence-corrected chi connectivity index (χ2v) is 5.13. The van der Waals surface area contributed by atoms with Gasteiger partial charge in [-0.15, -0.1) is 0 Å². The zero-order valence-corrected chi connectivity index (χ0v) is 11.6. The molecule has 0 spiro atoms. The molecule has 0 saturated heterocycles. The average Bonchev–Trinajstić information content (AvgIpc) is 2.73. The topological polar surface area (TPSA) is 34.0 Å². The van der Waals surface area contributed by atoms with E-state index in [4.69, 9.17) is 0 Å². The maximum Gasteiger partial charge on any atom is 0.234 e. The lowest BCUT2D eigenvalue weighted by Crippen LogP contribution is -2.13. The molecule has 3 nitrogen and oxygen atoms in total. The molecule has 0 aliphatic heterocycles. The van der Waals surface area contributed by atoms with Gasteiger partial charge < -0.3 is 9.88 Å². The number of amides is 1. The second-order valence-electron chi connectivity index (χ2n) is 4.26. The van der Waals surface area contributed by atoms with Crippen molar-refractivity contribution in [2.45, 2.75) is 19.9 Å².